The van der Waals surface area contributed by atoms with E-state index in [2.05, 4.69) is 11.5 Å². The van der Waals surface area contributed by atoms with Gasteiger partial charge in [-0.2, -0.15) is 10.5 Å². The minimum Gasteiger partial charge on any atom is -0.324 e. The lowest BCUT2D eigenvalue weighted by molar-refractivity contribution is 0.275. The maximum atomic E-state index is 9.15. The summed E-state index contributed by atoms with van der Waals surface area (Å²) in [7, 11) is -4.64. The second-order valence-corrected chi connectivity index (χ2v) is 5.21. The first-order chi connectivity index (χ1) is 10.8. The number of hydrogen-bond donors (Lipinski definition) is 5. The van der Waals surface area contributed by atoms with Crippen LogP contribution in [-0.4, -0.2) is 14.7 Å². The summed E-state index contributed by atoms with van der Waals surface area (Å²) in [4.78, 5) is 21.6. The Morgan fingerprint density at radius 3 is 2.13 bits per heavy atom. The fraction of sp³-hybridized carbons (Fsp3) is 0. The van der Waals surface area contributed by atoms with Gasteiger partial charge in [-0.15, -0.1) is 0 Å². The average molecular weight is 332 g/mol. The molecule has 0 saturated carbocycles. The van der Waals surface area contributed by atoms with Gasteiger partial charge in [0.1, 0.15) is 0 Å². The van der Waals surface area contributed by atoms with E-state index in [0.717, 1.165) is 16.8 Å². The zero-order chi connectivity index (χ0) is 17.5. The first kappa shape index (κ1) is 18.3. The number of nitrogens with one attached hydrogen (secondary N) is 1. The molecule has 0 saturated heterocycles. The zero-order valence-corrected chi connectivity index (χ0v) is 12.6. The molecule has 0 aliphatic heterocycles. The Morgan fingerprint density at radius 1 is 1.00 bits per heavy atom. The van der Waals surface area contributed by atoms with E-state index in [0.29, 0.717) is 11.1 Å². The maximum absolute atomic E-state index is 9.15. The number of para-hydroxylation sites is 1. The average Bonchev–Trinajstić information content (AvgIpc) is 2.52. The number of nitriles is 2. The number of benzene rings is 2. The van der Waals surface area contributed by atoms with Gasteiger partial charge in [0.2, 0.25) is 0 Å². The Balaban J connectivity index is 0.000000463. The normalized spacial score (nSPS) is 9.83. The third-order valence-corrected chi connectivity index (χ3v) is 2.64. The van der Waals surface area contributed by atoms with Gasteiger partial charge < -0.3 is 20.1 Å². The molecule has 0 aromatic heterocycles. The molecule has 0 unspecified atom stereocenters. The second-order valence-electron chi connectivity index (χ2n) is 4.19. The summed E-state index contributed by atoms with van der Waals surface area (Å²) in [6.45, 7) is 0. The summed E-state index contributed by atoms with van der Waals surface area (Å²) in [5, 5.41) is 18.0. The van der Waals surface area contributed by atoms with E-state index >= 15 is 0 Å². The molecule has 0 aliphatic carbocycles. The second kappa shape index (κ2) is 8.06. The van der Waals surface area contributed by atoms with Gasteiger partial charge in [-0.05, 0) is 18.2 Å². The predicted molar refractivity (Wildman–Crippen MR) is 83.4 cm³/mol. The Hall–Kier alpha value is -2.71. The molecule has 2 aromatic carbocycles. The smallest absolute Gasteiger partial charge is 0.324 e. The van der Waals surface area contributed by atoms with Crippen molar-refractivity contribution < 1.29 is 19.2 Å². The predicted octanol–water partition coefficient (Wildman–Crippen LogP) is 1.45. The Morgan fingerprint density at radius 2 is 1.61 bits per heavy atom. The van der Waals surface area contributed by atoms with E-state index in [9.17, 15) is 0 Å². The van der Waals surface area contributed by atoms with Gasteiger partial charge in [0.15, 0.2) is 0 Å². The van der Waals surface area contributed by atoms with Crippen LogP contribution in [0.3, 0.4) is 0 Å². The van der Waals surface area contributed by atoms with Crippen LogP contribution in [0.1, 0.15) is 11.1 Å². The molecular weight excluding hydrogens is 319 g/mol. The van der Waals surface area contributed by atoms with Crippen molar-refractivity contribution in [2.45, 2.75) is 0 Å². The molecule has 0 atom stereocenters. The van der Waals surface area contributed by atoms with Crippen molar-refractivity contribution in [2.75, 3.05) is 5.43 Å². The molecule has 0 bridgehead atoms. The van der Waals surface area contributed by atoms with Gasteiger partial charge in [-0.3, -0.25) is 5.84 Å². The van der Waals surface area contributed by atoms with Crippen LogP contribution in [0.5, 0.6) is 0 Å². The third-order valence-electron chi connectivity index (χ3n) is 2.64. The number of hydrogen-bond acceptors (Lipinski definition) is 5. The number of anilines is 1. The molecule has 0 spiro atoms. The van der Waals surface area contributed by atoms with Crippen molar-refractivity contribution >= 4 is 13.5 Å². The minimum atomic E-state index is -4.64. The van der Waals surface area contributed by atoms with Crippen LogP contribution < -0.4 is 11.3 Å². The Bertz CT molecular complexity index is 812. The maximum Gasteiger partial charge on any atom is 0.466 e. The highest BCUT2D eigenvalue weighted by atomic mass is 31.2. The quantitative estimate of drug-likeness (QED) is 0.313. The molecule has 118 valence electrons. The molecule has 0 aliphatic rings. The van der Waals surface area contributed by atoms with Crippen molar-refractivity contribution in [3.8, 4) is 23.3 Å². The SMILES string of the molecule is N#Cc1ccc(-c2ccccc2NN)c(C#N)c1.O=P(O)(O)O. The Kier molecular flexibility index (Phi) is 6.43. The summed E-state index contributed by atoms with van der Waals surface area (Å²) in [5.74, 6) is 5.45. The molecule has 2 aromatic rings. The summed E-state index contributed by atoms with van der Waals surface area (Å²) in [6, 6.07) is 16.6. The van der Waals surface area contributed by atoms with Crippen molar-refractivity contribution in [1.29, 1.82) is 10.5 Å². The fourth-order valence-corrected chi connectivity index (χ4v) is 1.79. The highest BCUT2D eigenvalue weighted by Crippen LogP contribution is 2.30. The van der Waals surface area contributed by atoms with Crippen molar-refractivity contribution in [1.82, 2.24) is 0 Å². The van der Waals surface area contributed by atoms with E-state index in [4.69, 9.17) is 35.6 Å². The van der Waals surface area contributed by atoms with Crippen LogP contribution in [-0.2, 0) is 4.57 Å². The van der Waals surface area contributed by atoms with Gasteiger partial charge in [0.05, 0.1) is 29.0 Å². The molecule has 2 rings (SSSR count). The highest BCUT2D eigenvalue weighted by Gasteiger charge is 2.09. The number of rotatable bonds is 2. The lowest BCUT2D eigenvalue weighted by atomic mass is 9.97. The van der Waals surface area contributed by atoms with Crippen LogP contribution in [0.15, 0.2) is 42.5 Å². The van der Waals surface area contributed by atoms with Gasteiger partial charge in [-0.1, -0.05) is 24.3 Å². The summed E-state index contributed by atoms with van der Waals surface area (Å²) >= 11 is 0. The molecule has 6 N–H and O–H groups in total. The van der Waals surface area contributed by atoms with Crippen LogP contribution >= 0.6 is 7.82 Å². The van der Waals surface area contributed by atoms with E-state index in [1.54, 1.807) is 18.2 Å². The van der Waals surface area contributed by atoms with Crippen molar-refractivity contribution in [3.05, 3.63) is 53.6 Å². The number of nitrogens with zero attached hydrogens (tertiary/aromatic N) is 2. The van der Waals surface area contributed by atoms with Crippen LogP contribution in [0, 0.1) is 22.7 Å². The van der Waals surface area contributed by atoms with E-state index < -0.39 is 7.82 Å². The van der Waals surface area contributed by atoms with E-state index in [-0.39, 0.29) is 0 Å². The molecule has 0 heterocycles. The fourth-order valence-electron chi connectivity index (χ4n) is 1.79. The standard InChI is InChI=1S/C14H10N4.H3O4P/c15-8-10-5-6-12(11(7-10)9-16)13-3-1-2-4-14(13)18-17;1-5(2,3)4/h1-7,18H,17H2;(H3,1,2,3,4). The van der Waals surface area contributed by atoms with Crippen LogP contribution in [0.4, 0.5) is 5.69 Å². The van der Waals surface area contributed by atoms with Gasteiger partial charge in [0, 0.05) is 11.1 Å². The van der Waals surface area contributed by atoms with Crippen molar-refractivity contribution in [3.63, 3.8) is 0 Å². The van der Waals surface area contributed by atoms with Crippen molar-refractivity contribution in [2.24, 2.45) is 5.84 Å². The minimum absolute atomic E-state index is 0.455. The number of nitrogens with two attached hydrogens (primary N) is 1. The Labute approximate surface area is 132 Å². The third kappa shape index (κ3) is 5.89. The summed E-state index contributed by atoms with van der Waals surface area (Å²) in [5.41, 5.74) is 5.84. The molecule has 0 amide bonds. The molecule has 9 heteroatoms. The van der Waals surface area contributed by atoms with Gasteiger partial charge in [-0.25, -0.2) is 4.57 Å². The largest absolute Gasteiger partial charge is 0.466 e. The lowest BCUT2D eigenvalue weighted by Gasteiger charge is -2.10. The van der Waals surface area contributed by atoms with E-state index in [1.165, 1.54) is 0 Å². The molecule has 23 heavy (non-hydrogen) atoms. The monoisotopic (exact) mass is 332 g/mol. The number of phosphoric acid groups is 1. The first-order valence-corrected chi connectivity index (χ1v) is 7.65. The van der Waals surface area contributed by atoms with Crippen LogP contribution in [0.2, 0.25) is 0 Å². The molecule has 8 nitrogen and oxygen atoms in total. The molecule has 0 fully saturated rings. The molecule has 0 radical (unpaired) electrons. The first-order valence-electron chi connectivity index (χ1n) is 6.08. The lowest BCUT2D eigenvalue weighted by Crippen LogP contribution is -2.07. The molecular formula is C14H13N4O4P. The highest BCUT2D eigenvalue weighted by molar-refractivity contribution is 7.45. The van der Waals surface area contributed by atoms with Crippen LogP contribution in [0.25, 0.3) is 11.1 Å². The summed E-state index contributed by atoms with van der Waals surface area (Å²) < 4.78 is 8.88. The number of hydrazine groups is 1. The van der Waals surface area contributed by atoms with Gasteiger partial charge in [0.25, 0.3) is 0 Å². The number of nitrogen functional groups attached to an aromatic ring is 1. The zero-order valence-electron chi connectivity index (χ0n) is 11.7. The van der Waals surface area contributed by atoms with E-state index in [1.807, 2.05) is 30.3 Å². The van der Waals surface area contributed by atoms with Gasteiger partial charge >= 0.3 is 7.82 Å². The topological polar surface area (TPSA) is 163 Å². The summed E-state index contributed by atoms with van der Waals surface area (Å²) in [6.07, 6.45) is 0.